The first-order valence-electron chi connectivity index (χ1n) is 10.5. The lowest BCUT2D eigenvalue weighted by Gasteiger charge is -2.59. The average Bonchev–Trinajstić information content (AvgIpc) is 2.93. The first-order valence-corrected chi connectivity index (χ1v) is 10.5. The molecule has 0 heterocycles. The van der Waals surface area contributed by atoms with Gasteiger partial charge in [-0.05, 0) is 56.1 Å². The van der Waals surface area contributed by atoms with Crippen LogP contribution in [0.5, 0.6) is 0 Å². The Kier molecular flexibility index (Phi) is 4.67. The maximum Gasteiger partial charge on any atom is 0.303 e. The van der Waals surface area contributed by atoms with Gasteiger partial charge in [0.05, 0.1) is 6.10 Å². The lowest BCUT2D eigenvalue weighted by Crippen LogP contribution is -2.62. The molecule has 0 aromatic carbocycles. The van der Waals surface area contributed by atoms with Crippen LogP contribution >= 0.6 is 0 Å². The summed E-state index contributed by atoms with van der Waals surface area (Å²) in [5, 5.41) is 21.0. The van der Waals surface area contributed by atoms with Crippen molar-refractivity contribution in [1.29, 1.82) is 0 Å². The molecule has 3 saturated carbocycles. The van der Waals surface area contributed by atoms with E-state index in [9.17, 15) is 24.6 Å². The van der Waals surface area contributed by atoms with E-state index in [0.717, 1.165) is 18.4 Å². The Balaban J connectivity index is 1.77. The van der Waals surface area contributed by atoms with Crippen molar-refractivity contribution in [2.24, 2.45) is 28.6 Å². The molecule has 158 valence electrons. The van der Waals surface area contributed by atoms with Crippen molar-refractivity contribution < 1.29 is 29.3 Å². The highest BCUT2D eigenvalue weighted by Gasteiger charge is 2.70. The molecule has 2 N–H and O–H groups in total. The van der Waals surface area contributed by atoms with Crippen molar-refractivity contribution in [2.45, 2.75) is 64.6 Å². The van der Waals surface area contributed by atoms with Crippen molar-refractivity contribution in [1.82, 2.24) is 0 Å². The van der Waals surface area contributed by atoms with E-state index in [1.807, 2.05) is 13.0 Å². The third-order valence-corrected chi connectivity index (χ3v) is 8.53. The minimum atomic E-state index is -1.39. The van der Waals surface area contributed by atoms with E-state index >= 15 is 0 Å². The van der Waals surface area contributed by atoms with Gasteiger partial charge in [0.15, 0.2) is 11.4 Å². The number of carbonyl (C=O) groups excluding carboxylic acids is 3. The van der Waals surface area contributed by atoms with Gasteiger partial charge in [-0.25, -0.2) is 0 Å². The van der Waals surface area contributed by atoms with Gasteiger partial charge in [-0.15, -0.1) is 0 Å². The molecule has 0 bridgehead atoms. The largest absolute Gasteiger partial charge is 0.451 e. The number of esters is 1. The Morgan fingerprint density at radius 1 is 1.28 bits per heavy atom. The molecule has 6 nitrogen and oxygen atoms in total. The second kappa shape index (κ2) is 6.61. The van der Waals surface area contributed by atoms with E-state index in [-0.39, 0.29) is 29.0 Å². The molecule has 4 aliphatic rings. The van der Waals surface area contributed by atoms with Gasteiger partial charge < -0.3 is 14.9 Å². The van der Waals surface area contributed by atoms with Gasteiger partial charge in [0.25, 0.3) is 0 Å². The van der Waals surface area contributed by atoms with Gasteiger partial charge in [-0.1, -0.05) is 25.5 Å². The molecule has 0 spiro atoms. The van der Waals surface area contributed by atoms with Crippen LogP contribution < -0.4 is 0 Å². The molecule has 6 heteroatoms. The molecule has 3 fully saturated rings. The fourth-order valence-electron chi connectivity index (χ4n) is 7.37. The molecule has 0 aromatic heterocycles. The van der Waals surface area contributed by atoms with Crippen LogP contribution in [0.15, 0.2) is 23.8 Å². The summed E-state index contributed by atoms with van der Waals surface area (Å²) < 4.78 is 5.67. The van der Waals surface area contributed by atoms with Crippen molar-refractivity contribution >= 4 is 17.5 Å². The van der Waals surface area contributed by atoms with Gasteiger partial charge in [-0.2, -0.15) is 0 Å². The SMILES string of the molecule is CC(=O)O[C@@]1(C(=O)CO)CC[C@@H]2[C@H]3CCC4=CC(=O)C=C[C@]4(C)[C@@H]3[C@H](O)C[C@]21C. The first kappa shape index (κ1) is 20.5. The monoisotopic (exact) mass is 402 g/mol. The molecule has 7 atom stereocenters. The highest BCUT2D eigenvalue weighted by atomic mass is 16.6. The summed E-state index contributed by atoms with van der Waals surface area (Å²) in [6, 6.07) is 0. The summed E-state index contributed by atoms with van der Waals surface area (Å²) in [7, 11) is 0. The maximum absolute atomic E-state index is 12.9. The molecule has 0 unspecified atom stereocenters. The molecule has 0 aromatic rings. The number of ether oxygens (including phenoxy) is 1. The third kappa shape index (κ3) is 2.65. The Labute approximate surface area is 171 Å². The van der Waals surface area contributed by atoms with Gasteiger partial charge >= 0.3 is 5.97 Å². The molecule has 4 aliphatic carbocycles. The molecular weight excluding hydrogens is 372 g/mol. The van der Waals surface area contributed by atoms with E-state index in [4.69, 9.17) is 4.74 Å². The number of fused-ring (bicyclic) bond motifs is 5. The number of aliphatic hydroxyl groups excluding tert-OH is 2. The summed E-state index contributed by atoms with van der Waals surface area (Å²) in [6.07, 6.45) is 7.56. The van der Waals surface area contributed by atoms with Crippen LogP contribution in [0.25, 0.3) is 0 Å². The van der Waals surface area contributed by atoms with E-state index in [1.165, 1.54) is 6.92 Å². The summed E-state index contributed by atoms with van der Waals surface area (Å²) in [4.78, 5) is 36.7. The minimum absolute atomic E-state index is 0.00523. The highest BCUT2D eigenvalue weighted by molar-refractivity contribution is 6.01. The van der Waals surface area contributed by atoms with Crippen molar-refractivity contribution in [2.75, 3.05) is 6.61 Å². The van der Waals surface area contributed by atoms with Crippen molar-refractivity contribution in [3.05, 3.63) is 23.8 Å². The molecular formula is C23H30O6. The molecule has 0 amide bonds. The molecule has 0 radical (unpaired) electrons. The summed E-state index contributed by atoms with van der Waals surface area (Å²) >= 11 is 0. The molecule has 0 saturated heterocycles. The summed E-state index contributed by atoms with van der Waals surface area (Å²) in [5.41, 5.74) is -1.43. The van der Waals surface area contributed by atoms with Crippen LogP contribution in [0, 0.1) is 28.6 Å². The number of ketones is 2. The lowest BCUT2D eigenvalue weighted by atomic mass is 9.46. The van der Waals surface area contributed by atoms with Gasteiger partial charge in [0.2, 0.25) is 5.78 Å². The summed E-state index contributed by atoms with van der Waals surface area (Å²) in [5.74, 6) is -0.839. The van der Waals surface area contributed by atoms with Crippen LogP contribution in [0.1, 0.15) is 52.9 Å². The zero-order valence-electron chi connectivity index (χ0n) is 17.3. The number of hydrogen-bond acceptors (Lipinski definition) is 6. The Bertz CT molecular complexity index is 827. The van der Waals surface area contributed by atoms with Crippen molar-refractivity contribution in [3.63, 3.8) is 0 Å². The zero-order valence-corrected chi connectivity index (χ0v) is 17.3. The van der Waals surface area contributed by atoms with E-state index in [1.54, 1.807) is 12.2 Å². The average molecular weight is 402 g/mol. The quantitative estimate of drug-likeness (QED) is 0.702. The Morgan fingerprint density at radius 3 is 2.66 bits per heavy atom. The Hall–Kier alpha value is -1.79. The molecule has 0 aliphatic heterocycles. The maximum atomic E-state index is 12.9. The molecule has 29 heavy (non-hydrogen) atoms. The normalized spacial score (nSPS) is 45.7. The number of hydrogen-bond donors (Lipinski definition) is 2. The number of carbonyl (C=O) groups is 3. The van der Waals surface area contributed by atoms with Crippen LogP contribution in [0.4, 0.5) is 0 Å². The highest BCUT2D eigenvalue weighted by Crippen LogP contribution is 2.67. The topological polar surface area (TPSA) is 101 Å². The number of allylic oxidation sites excluding steroid dienone is 4. The third-order valence-electron chi connectivity index (χ3n) is 8.53. The second-order valence-electron chi connectivity index (χ2n) is 9.75. The van der Waals surface area contributed by atoms with E-state index < -0.39 is 35.5 Å². The predicted octanol–water partition coefficient (Wildman–Crippen LogP) is 2.13. The first-order chi connectivity index (χ1) is 13.6. The second-order valence-corrected chi connectivity index (χ2v) is 9.75. The standard InChI is InChI=1S/C23H30O6/c1-13(25)29-23(19(28)12-24)9-7-17-16-5-4-14-10-15(26)6-8-21(14,2)20(16)18(27)11-22(17,23)3/h6,8,10,16-18,20,24,27H,4-5,7,9,11-12H2,1-3H3/t16-,17-,18-,20+,21+,22-,23-/m1/s1. The van der Waals surface area contributed by atoms with Crippen LogP contribution in [0.2, 0.25) is 0 Å². The fourth-order valence-corrected chi connectivity index (χ4v) is 7.37. The number of Topliss-reactive ketones (excluding diaryl/α,β-unsaturated/α-hetero) is 1. The lowest BCUT2D eigenvalue weighted by molar-refractivity contribution is -0.198. The summed E-state index contributed by atoms with van der Waals surface area (Å²) in [6.45, 7) is 4.63. The number of aliphatic hydroxyl groups is 2. The van der Waals surface area contributed by atoms with Crippen LogP contribution in [0.3, 0.4) is 0 Å². The van der Waals surface area contributed by atoms with Crippen LogP contribution in [-0.4, -0.2) is 46.1 Å². The van der Waals surface area contributed by atoms with E-state index in [0.29, 0.717) is 19.3 Å². The van der Waals surface area contributed by atoms with Gasteiger partial charge in [-0.3, -0.25) is 14.4 Å². The van der Waals surface area contributed by atoms with E-state index in [2.05, 4.69) is 6.92 Å². The van der Waals surface area contributed by atoms with Gasteiger partial charge in [0.1, 0.15) is 6.61 Å². The molecule has 4 rings (SSSR count). The van der Waals surface area contributed by atoms with Gasteiger partial charge in [0, 0.05) is 23.7 Å². The Morgan fingerprint density at radius 2 is 2.00 bits per heavy atom. The zero-order chi connectivity index (χ0) is 21.2. The van der Waals surface area contributed by atoms with Crippen LogP contribution in [-0.2, 0) is 19.1 Å². The minimum Gasteiger partial charge on any atom is -0.451 e. The van der Waals surface area contributed by atoms with Crippen molar-refractivity contribution in [3.8, 4) is 0 Å². The smallest absolute Gasteiger partial charge is 0.303 e. The predicted molar refractivity (Wildman–Crippen MR) is 105 cm³/mol. The fraction of sp³-hybridized carbons (Fsp3) is 0.696. The number of rotatable bonds is 3.